The van der Waals surface area contributed by atoms with Crippen molar-refractivity contribution in [1.82, 2.24) is 4.90 Å². The summed E-state index contributed by atoms with van der Waals surface area (Å²) in [5, 5.41) is 43.5. The van der Waals surface area contributed by atoms with Gasteiger partial charge in [0.05, 0.1) is 17.4 Å². The highest BCUT2D eigenvalue weighted by Crippen LogP contribution is 2.65. The molecule has 1 fully saturated rings. The number of ether oxygens (including phenoxy) is 4. The number of hydrogen-bond donors (Lipinski definition) is 4. The lowest BCUT2D eigenvalue weighted by Crippen LogP contribution is -2.74. The number of rotatable bonds is 10. The number of hydrogen-bond acceptors (Lipinski definition) is 12. The van der Waals surface area contributed by atoms with Crippen LogP contribution in [0.1, 0.15) is 53.7 Å². The number of piperidine rings is 1. The molecule has 13 nitrogen and oxygen atoms in total. The van der Waals surface area contributed by atoms with Gasteiger partial charge >= 0.3 is 23.9 Å². The van der Waals surface area contributed by atoms with Crippen LogP contribution in [0.3, 0.4) is 0 Å². The van der Waals surface area contributed by atoms with E-state index in [4.69, 9.17) is 18.9 Å². The minimum Gasteiger partial charge on any atom is -0.504 e. The van der Waals surface area contributed by atoms with Crippen molar-refractivity contribution >= 4 is 23.9 Å². The molecule has 0 saturated carbocycles. The predicted octanol–water partition coefficient (Wildman–Crippen LogP) is 2.62. The van der Waals surface area contributed by atoms with E-state index in [1.165, 1.54) is 24.3 Å². The van der Waals surface area contributed by atoms with Crippen LogP contribution in [-0.2, 0) is 45.2 Å². The van der Waals surface area contributed by atoms with E-state index < -0.39 is 65.7 Å². The van der Waals surface area contributed by atoms with Gasteiger partial charge in [0.15, 0.2) is 23.7 Å². The number of esters is 3. The highest BCUT2D eigenvalue weighted by molar-refractivity contribution is 5.87. The van der Waals surface area contributed by atoms with Crippen molar-refractivity contribution in [3.63, 3.8) is 0 Å². The van der Waals surface area contributed by atoms with Crippen molar-refractivity contribution in [3.8, 4) is 11.5 Å². The number of carboxylic acids is 1. The molecule has 50 heavy (non-hydrogen) atoms. The molecule has 0 unspecified atom stereocenters. The monoisotopic (exact) mass is 685 g/mol. The number of aliphatic hydroxyl groups excluding tert-OH is 1. The van der Waals surface area contributed by atoms with Crippen molar-refractivity contribution in [1.29, 1.82) is 0 Å². The number of benzene rings is 3. The van der Waals surface area contributed by atoms with Crippen LogP contribution in [0.4, 0.5) is 0 Å². The maximum absolute atomic E-state index is 13.3. The van der Waals surface area contributed by atoms with Crippen LogP contribution in [-0.4, -0.2) is 86.6 Å². The van der Waals surface area contributed by atoms with E-state index in [1.54, 1.807) is 48.5 Å². The first-order valence-electron chi connectivity index (χ1n) is 16.2. The van der Waals surface area contributed by atoms with E-state index in [2.05, 4.69) is 4.90 Å². The zero-order chi connectivity index (χ0) is 35.4. The standard InChI is InChI=1S/C37H35NO12/c1-38-17-16-36-28-22-12-13-23(39)31(28)48-32(36)25(14-15-37(36,46)26(38)18-22)47-27(41)19-24(40)34(44)50-30(21-10-6-3-7-11-21)35(45)49-29(33(42)43)20-8-4-2-5-9-20/h2-14,24,26,29-30,32,39-40,46H,15-19H2,1H3,(H,42,43)/t24-,26+,29-,30-,32-,36-,37+/m0/s1. The molecule has 4 aliphatic rings. The summed E-state index contributed by atoms with van der Waals surface area (Å²) in [6.45, 7) is 0.622. The minimum absolute atomic E-state index is 0.0818. The van der Waals surface area contributed by atoms with Crippen molar-refractivity contribution in [2.24, 2.45) is 0 Å². The molecule has 3 aromatic carbocycles. The molecule has 7 atom stereocenters. The molecular weight excluding hydrogens is 650 g/mol. The fourth-order valence-electron chi connectivity index (χ4n) is 7.99. The van der Waals surface area contributed by atoms with Crippen molar-refractivity contribution < 1.29 is 58.6 Å². The summed E-state index contributed by atoms with van der Waals surface area (Å²) in [5.74, 6) is -4.81. The molecular formula is C37H35NO12. The quantitative estimate of drug-likeness (QED) is 0.180. The lowest BCUT2D eigenvalue weighted by molar-refractivity contribution is -0.182. The third-order valence-corrected chi connectivity index (χ3v) is 10.3. The molecule has 0 radical (unpaired) electrons. The van der Waals surface area contributed by atoms with E-state index in [-0.39, 0.29) is 40.8 Å². The summed E-state index contributed by atoms with van der Waals surface area (Å²) in [6.07, 6.45) is -4.68. The first kappa shape index (κ1) is 33.3. The van der Waals surface area contributed by atoms with Gasteiger partial charge in [-0.1, -0.05) is 66.7 Å². The van der Waals surface area contributed by atoms with Crippen LogP contribution >= 0.6 is 0 Å². The number of carbonyl (C=O) groups excluding carboxylic acids is 3. The molecule has 7 rings (SSSR count). The van der Waals surface area contributed by atoms with Crippen LogP contribution in [0.5, 0.6) is 11.5 Å². The van der Waals surface area contributed by atoms with Gasteiger partial charge in [0.1, 0.15) is 5.76 Å². The SMILES string of the molecule is CN1CC[C@]23c4c5ccc(O)c4O[C@H]2C(OC(=O)C[C@H](O)C(=O)O[C@H](C(=O)O[C@H](C(=O)O)c2ccccc2)c2ccccc2)=CC[C@@]3(O)[C@H]1C5. The lowest BCUT2D eigenvalue weighted by atomic mass is 9.50. The van der Waals surface area contributed by atoms with Gasteiger partial charge in [0, 0.05) is 29.2 Å². The molecule has 13 heteroatoms. The van der Waals surface area contributed by atoms with Gasteiger partial charge in [-0.05, 0) is 44.1 Å². The zero-order valence-electron chi connectivity index (χ0n) is 26.9. The Kier molecular flexibility index (Phi) is 8.37. The Labute approximate surface area is 286 Å². The molecule has 2 aliphatic heterocycles. The number of carboxylic acid groups (broad SMARTS) is 1. The molecule has 4 N–H and O–H groups in total. The van der Waals surface area contributed by atoms with E-state index in [1.807, 2.05) is 13.1 Å². The molecule has 2 heterocycles. The third-order valence-electron chi connectivity index (χ3n) is 10.3. The lowest BCUT2D eigenvalue weighted by Gasteiger charge is -2.61. The Morgan fingerprint density at radius 3 is 2.24 bits per heavy atom. The van der Waals surface area contributed by atoms with Crippen LogP contribution in [0.25, 0.3) is 0 Å². The Morgan fingerprint density at radius 2 is 1.58 bits per heavy atom. The third kappa shape index (κ3) is 5.29. The Bertz CT molecular complexity index is 1880. The molecule has 1 spiro atoms. The predicted molar refractivity (Wildman–Crippen MR) is 171 cm³/mol. The van der Waals surface area contributed by atoms with Gasteiger partial charge < -0.3 is 44.3 Å². The summed E-state index contributed by atoms with van der Waals surface area (Å²) in [4.78, 5) is 53.7. The second kappa shape index (κ2) is 12.6. The van der Waals surface area contributed by atoms with E-state index in [0.29, 0.717) is 24.9 Å². The van der Waals surface area contributed by atoms with E-state index >= 15 is 0 Å². The number of carbonyl (C=O) groups is 4. The van der Waals surface area contributed by atoms with Crippen LogP contribution in [0.2, 0.25) is 0 Å². The fourth-order valence-corrected chi connectivity index (χ4v) is 7.99. The molecule has 3 aromatic rings. The first-order chi connectivity index (χ1) is 23.9. The fraction of sp³-hybridized carbons (Fsp3) is 0.351. The van der Waals surface area contributed by atoms with Crippen molar-refractivity contribution in [2.75, 3.05) is 13.6 Å². The second-order valence-electron chi connectivity index (χ2n) is 13.1. The van der Waals surface area contributed by atoms with Gasteiger partial charge in [-0.3, -0.25) is 4.79 Å². The van der Waals surface area contributed by atoms with E-state index in [9.17, 15) is 39.6 Å². The van der Waals surface area contributed by atoms with Crippen LogP contribution in [0, 0.1) is 0 Å². The summed E-state index contributed by atoms with van der Waals surface area (Å²) in [7, 11) is 1.95. The molecule has 0 amide bonds. The highest BCUT2D eigenvalue weighted by atomic mass is 16.6. The molecule has 2 aliphatic carbocycles. The van der Waals surface area contributed by atoms with Crippen molar-refractivity contribution in [2.45, 2.75) is 67.2 Å². The maximum Gasteiger partial charge on any atom is 0.353 e. The molecule has 260 valence electrons. The number of likely N-dealkylation sites (tertiary alicyclic amines) is 1. The zero-order valence-corrected chi connectivity index (χ0v) is 26.9. The Balaban J connectivity index is 1.07. The number of aromatic hydroxyl groups is 1. The molecule has 0 aromatic heterocycles. The Hall–Kier alpha value is -5.24. The summed E-state index contributed by atoms with van der Waals surface area (Å²) in [6, 6.07) is 18.5. The molecule has 2 bridgehead atoms. The van der Waals surface area contributed by atoms with Crippen molar-refractivity contribution in [3.05, 3.63) is 107 Å². The summed E-state index contributed by atoms with van der Waals surface area (Å²) >= 11 is 0. The van der Waals surface area contributed by atoms with Gasteiger partial charge in [-0.2, -0.15) is 0 Å². The number of aliphatic hydroxyl groups is 2. The first-order valence-corrected chi connectivity index (χ1v) is 16.2. The largest absolute Gasteiger partial charge is 0.504 e. The second-order valence-corrected chi connectivity index (χ2v) is 13.1. The highest BCUT2D eigenvalue weighted by Gasteiger charge is 2.72. The average Bonchev–Trinajstić information content (AvgIpc) is 3.47. The summed E-state index contributed by atoms with van der Waals surface area (Å²) < 4.78 is 22.6. The number of aliphatic carboxylic acids is 1. The van der Waals surface area contributed by atoms with E-state index in [0.717, 1.165) is 5.56 Å². The number of phenolic OH excluding ortho intramolecular Hbond substituents is 1. The number of phenols is 1. The van der Waals surface area contributed by atoms with Gasteiger partial charge in [-0.25, -0.2) is 14.4 Å². The average molecular weight is 686 g/mol. The Morgan fingerprint density at radius 1 is 0.940 bits per heavy atom. The summed E-state index contributed by atoms with van der Waals surface area (Å²) in [5.41, 5.74) is -0.342. The maximum atomic E-state index is 13.3. The smallest absolute Gasteiger partial charge is 0.353 e. The minimum atomic E-state index is -2.08. The normalized spacial score (nSPS) is 26.3. The number of likely N-dealkylation sites (N-methyl/N-ethyl adjacent to an activating group) is 1. The van der Waals surface area contributed by atoms with Gasteiger partial charge in [0.2, 0.25) is 12.2 Å². The van der Waals surface area contributed by atoms with Gasteiger partial charge in [-0.15, -0.1) is 0 Å². The topological polar surface area (TPSA) is 189 Å². The number of nitrogens with zero attached hydrogens (tertiary/aromatic N) is 1. The molecule has 1 saturated heterocycles. The van der Waals surface area contributed by atoms with Gasteiger partial charge in [0.25, 0.3) is 0 Å². The van der Waals surface area contributed by atoms with Crippen LogP contribution in [0.15, 0.2) is 84.6 Å². The van der Waals surface area contributed by atoms with Crippen LogP contribution < -0.4 is 4.74 Å².